The third kappa shape index (κ3) is 11.1. The molecule has 0 bridgehead atoms. The van der Waals surface area contributed by atoms with Gasteiger partial charge in [0.05, 0.1) is 0 Å². The van der Waals surface area contributed by atoms with E-state index in [9.17, 15) is 14.4 Å². The van der Waals surface area contributed by atoms with Crippen molar-refractivity contribution in [2.75, 3.05) is 26.2 Å². The normalized spacial score (nSPS) is 10.9. The Morgan fingerprint density at radius 3 is 1.62 bits per heavy atom. The first-order valence-electron chi connectivity index (χ1n) is 10.1. The molecule has 1 aromatic carbocycles. The second kappa shape index (κ2) is 12.8. The number of carbonyl (C=O) groups is 3. The van der Waals surface area contributed by atoms with Gasteiger partial charge in [-0.2, -0.15) is 0 Å². The van der Waals surface area contributed by atoms with Gasteiger partial charge in [0.15, 0.2) is 0 Å². The number of ether oxygens (including phenoxy) is 1. The lowest BCUT2D eigenvalue weighted by Gasteiger charge is -2.19. The molecular formula is C21H34N4O4. The van der Waals surface area contributed by atoms with Crippen molar-refractivity contribution in [2.45, 2.75) is 52.1 Å². The van der Waals surface area contributed by atoms with E-state index in [1.807, 2.05) is 20.8 Å². The summed E-state index contributed by atoms with van der Waals surface area (Å²) in [6, 6.07) is 6.54. The predicted octanol–water partition coefficient (Wildman–Crippen LogP) is 2.19. The summed E-state index contributed by atoms with van der Waals surface area (Å²) >= 11 is 0. The minimum atomic E-state index is -0.515. The molecule has 29 heavy (non-hydrogen) atoms. The molecule has 1 aromatic rings. The Labute approximate surface area is 172 Å². The molecule has 8 nitrogen and oxygen atoms in total. The lowest BCUT2D eigenvalue weighted by atomic mass is 10.1. The molecule has 0 spiro atoms. The minimum absolute atomic E-state index is 0.161. The van der Waals surface area contributed by atoms with Gasteiger partial charge in [0, 0.05) is 30.8 Å². The van der Waals surface area contributed by atoms with E-state index in [0.29, 0.717) is 37.3 Å². The fourth-order valence-electron chi connectivity index (χ4n) is 2.40. The molecule has 0 atom stereocenters. The molecule has 8 heteroatoms. The number of nitrogens with one attached hydrogen (secondary N) is 3. The highest BCUT2D eigenvalue weighted by molar-refractivity contribution is 5.97. The van der Waals surface area contributed by atoms with E-state index in [1.165, 1.54) is 0 Å². The lowest BCUT2D eigenvalue weighted by Crippen LogP contribution is -2.33. The van der Waals surface area contributed by atoms with Crippen LogP contribution in [0.5, 0.6) is 0 Å². The van der Waals surface area contributed by atoms with E-state index < -0.39 is 11.7 Å². The number of unbranched alkanes of at least 4 members (excludes halogenated alkanes) is 2. The summed E-state index contributed by atoms with van der Waals surface area (Å²) in [5, 5.41) is 8.33. The summed E-state index contributed by atoms with van der Waals surface area (Å²) in [5.41, 5.74) is 5.92. The van der Waals surface area contributed by atoms with Gasteiger partial charge in [-0.05, 0) is 77.3 Å². The van der Waals surface area contributed by atoms with Crippen molar-refractivity contribution in [1.29, 1.82) is 0 Å². The topological polar surface area (TPSA) is 123 Å². The SMILES string of the molecule is CC(C)(C)OC(=O)NCCCCNC(=O)c1ccc(C(=O)NCCCCN)cc1. The second-order valence-electron chi connectivity index (χ2n) is 7.72. The average Bonchev–Trinajstić information content (AvgIpc) is 2.66. The molecule has 1 rings (SSSR count). The van der Waals surface area contributed by atoms with Crippen molar-refractivity contribution in [2.24, 2.45) is 5.73 Å². The zero-order chi connectivity index (χ0) is 21.7. The van der Waals surface area contributed by atoms with Gasteiger partial charge in [0.25, 0.3) is 11.8 Å². The molecule has 162 valence electrons. The number of benzene rings is 1. The number of nitrogens with two attached hydrogens (primary N) is 1. The van der Waals surface area contributed by atoms with Crippen molar-refractivity contribution in [3.63, 3.8) is 0 Å². The van der Waals surface area contributed by atoms with Gasteiger partial charge < -0.3 is 26.4 Å². The van der Waals surface area contributed by atoms with Gasteiger partial charge in [-0.15, -0.1) is 0 Å². The molecule has 0 saturated heterocycles. The Bertz CT molecular complexity index is 654. The molecule has 0 aliphatic heterocycles. The molecule has 0 radical (unpaired) electrons. The Hall–Kier alpha value is -2.61. The first kappa shape index (κ1) is 24.4. The quantitative estimate of drug-likeness (QED) is 0.420. The third-order valence-electron chi connectivity index (χ3n) is 3.88. The zero-order valence-corrected chi connectivity index (χ0v) is 17.7. The van der Waals surface area contributed by atoms with E-state index in [2.05, 4.69) is 16.0 Å². The smallest absolute Gasteiger partial charge is 0.407 e. The first-order chi connectivity index (χ1) is 13.7. The number of hydrogen-bond donors (Lipinski definition) is 4. The molecule has 0 saturated carbocycles. The predicted molar refractivity (Wildman–Crippen MR) is 113 cm³/mol. The van der Waals surface area contributed by atoms with E-state index >= 15 is 0 Å². The van der Waals surface area contributed by atoms with Crippen LogP contribution in [0.1, 0.15) is 67.2 Å². The molecule has 0 fully saturated rings. The molecule has 0 heterocycles. The molecule has 0 aromatic heterocycles. The van der Waals surface area contributed by atoms with E-state index in [-0.39, 0.29) is 11.8 Å². The van der Waals surface area contributed by atoms with Gasteiger partial charge in [-0.1, -0.05) is 0 Å². The molecular weight excluding hydrogens is 372 g/mol. The third-order valence-corrected chi connectivity index (χ3v) is 3.88. The van der Waals surface area contributed by atoms with Crippen LogP contribution < -0.4 is 21.7 Å². The largest absolute Gasteiger partial charge is 0.444 e. The Morgan fingerprint density at radius 2 is 1.21 bits per heavy atom. The summed E-state index contributed by atoms with van der Waals surface area (Å²) in [7, 11) is 0. The van der Waals surface area contributed by atoms with Gasteiger partial charge in [0.1, 0.15) is 5.60 Å². The lowest BCUT2D eigenvalue weighted by molar-refractivity contribution is 0.0526. The van der Waals surface area contributed by atoms with Crippen molar-refractivity contribution < 1.29 is 19.1 Å². The van der Waals surface area contributed by atoms with Crippen LogP contribution in [-0.4, -0.2) is 49.7 Å². The Morgan fingerprint density at radius 1 is 0.793 bits per heavy atom. The van der Waals surface area contributed by atoms with Crippen molar-refractivity contribution >= 4 is 17.9 Å². The summed E-state index contributed by atoms with van der Waals surface area (Å²) in [4.78, 5) is 35.7. The van der Waals surface area contributed by atoms with Crippen LogP contribution in [0.4, 0.5) is 4.79 Å². The zero-order valence-electron chi connectivity index (χ0n) is 17.7. The first-order valence-corrected chi connectivity index (χ1v) is 10.1. The summed E-state index contributed by atoms with van der Waals surface area (Å²) in [5.74, 6) is -0.355. The highest BCUT2D eigenvalue weighted by Crippen LogP contribution is 2.07. The van der Waals surface area contributed by atoms with Gasteiger partial charge in [0.2, 0.25) is 0 Å². The summed E-state index contributed by atoms with van der Waals surface area (Å²) < 4.78 is 5.15. The van der Waals surface area contributed by atoms with Crippen molar-refractivity contribution in [3.05, 3.63) is 35.4 Å². The van der Waals surface area contributed by atoms with E-state index in [0.717, 1.165) is 25.7 Å². The van der Waals surface area contributed by atoms with Crippen LogP contribution in [0.15, 0.2) is 24.3 Å². The maximum absolute atomic E-state index is 12.2. The fourth-order valence-corrected chi connectivity index (χ4v) is 2.40. The van der Waals surface area contributed by atoms with Gasteiger partial charge in [-0.25, -0.2) is 4.79 Å². The van der Waals surface area contributed by atoms with Crippen LogP contribution in [-0.2, 0) is 4.74 Å². The highest BCUT2D eigenvalue weighted by Gasteiger charge is 2.15. The number of rotatable bonds is 11. The standard InChI is InChI=1S/C21H34N4O4/c1-21(2,3)29-20(28)25-15-7-6-14-24-19(27)17-10-8-16(9-11-17)18(26)23-13-5-4-12-22/h8-11H,4-7,12-15,22H2,1-3H3,(H,23,26)(H,24,27)(H,25,28). The van der Waals surface area contributed by atoms with Crippen LogP contribution >= 0.6 is 0 Å². The molecule has 0 aliphatic carbocycles. The van der Waals surface area contributed by atoms with Crippen molar-refractivity contribution in [3.8, 4) is 0 Å². The van der Waals surface area contributed by atoms with Crippen LogP contribution in [0.2, 0.25) is 0 Å². The number of amides is 3. The second-order valence-corrected chi connectivity index (χ2v) is 7.72. The van der Waals surface area contributed by atoms with Crippen LogP contribution in [0.3, 0.4) is 0 Å². The van der Waals surface area contributed by atoms with E-state index in [4.69, 9.17) is 10.5 Å². The molecule has 0 unspecified atom stereocenters. The molecule has 0 aliphatic rings. The molecule has 3 amide bonds. The summed E-state index contributed by atoms with van der Waals surface area (Å²) in [6.45, 7) is 7.61. The van der Waals surface area contributed by atoms with Crippen LogP contribution in [0.25, 0.3) is 0 Å². The van der Waals surface area contributed by atoms with E-state index in [1.54, 1.807) is 24.3 Å². The Kier molecular flexibility index (Phi) is 10.8. The highest BCUT2D eigenvalue weighted by atomic mass is 16.6. The summed E-state index contributed by atoms with van der Waals surface area (Å²) in [6.07, 6.45) is 2.73. The average molecular weight is 407 g/mol. The number of alkyl carbamates (subject to hydrolysis) is 1. The number of carbonyl (C=O) groups excluding carboxylic acids is 3. The maximum Gasteiger partial charge on any atom is 0.407 e. The maximum atomic E-state index is 12.2. The number of hydrogen-bond acceptors (Lipinski definition) is 5. The van der Waals surface area contributed by atoms with Crippen LogP contribution in [0, 0.1) is 0 Å². The van der Waals surface area contributed by atoms with Gasteiger partial charge >= 0.3 is 6.09 Å². The molecule has 5 N–H and O–H groups in total. The van der Waals surface area contributed by atoms with Crippen molar-refractivity contribution in [1.82, 2.24) is 16.0 Å². The monoisotopic (exact) mass is 406 g/mol. The van der Waals surface area contributed by atoms with Gasteiger partial charge in [-0.3, -0.25) is 9.59 Å². The minimum Gasteiger partial charge on any atom is -0.444 e. The fraction of sp³-hybridized carbons (Fsp3) is 0.571. The Balaban J connectivity index is 2.24.